The first kappa shape index (κ1) is 18.9. The Morgan fingerprint density at radius 3 is 2.62 bits per heavy atom. The van der Waals surface area contributed by atoms with Gasteiger partial charge < -0.3 is 5.32 Å². The highest BCUT2D eigenvalue weighted by atomic mass is 35.5. The van der Waals surface area contributed by atoms with Crippen molar-refractivity contribution in [2.45, 2.75) is 24.7 Å². The third-order valence-corrected chi connectivity index (χ3v) is 6.70. The molecule has 1 heterocycles. The Labute approximate surface area is 159 Å². The Hall–Kier alpha value is -1.89. The van der Waals surface area contributed by atoms with Gasteiger partial charge in [-0.15, -0.1) is 0 Å². The number of rotatable bonds is 4. The van der Waals surface area contributed by atoms with Crippen LogP contribution in [0.5, 0.6) is 0 Å². The molecule has 2 aromatic carbocycles. The van der Waals surface area contributed by atoms with Gasteiger partial charge in [-0.05, 0) is 55.7 Å². The average molecular weight is 393 g/mol. The lowest BCUT2D eigenvalue weighted by molar-refractivity contribution is -0.120. The molecule has 1 N–H and O–H groups in total. The highest BCUT2D eigenvalue weighted by molar-refractivity contribution is 7.89. The standard InChI is InChI=1S/C19H21ClN2O3S/c1-14-12-16(20)9-10-18(14)21-19(23)15-6-5-11-22(13-15)26(24,25)17-7-3-2-4-8-17/h2-4,7-10,12,15H,5-6,11,13H2,1H3,(H,21,23)/t15-/m0/s1. The first-order chi connectivity index (χ1) is 12.4. The van der Waals surface area contributed by atoms with Crippen molar-refractivity contribution in [3.63, 3.8) is 0 Å². The quantitative estimate of drug-likeness (QED) is 0.862. The summed E-state index contributed by atoms with van der Waals surface area (Å²) in [7, 11) is -3.58. The lowest BCUT2D eigenvalue weighted by atomic mass is 9.98. The van der Waals surface area contributed by atoms with Gasteiger partial charge in [0.15, 0.2) is 0 Å². The van der Waals surface area contributed by atoms with E-state index in [4.69, 9.17) is 11.6 Å². The van der Waals surface area contributed by atoms with E-state index < -0.39 is 10.0 Å². The normalized spacial score (nSPS) is 18.5. The van der Waals surface area contributed by atoms with Crippen molar-refractivity contribution in [3.8, 4) is 0 Å². The Kier molecular flexibility index (Phi) is 5.65. The van der Waals surface area contributed by atoms with E-state index in [0.29, 0.717) is 30.1 Å². The molecule has 0 aliphatic carbocycles. The van der Waals surface area contributed by atoms with Crippen LogP contribution in [0.4, 0.5) is 5.69 Å². The van der Waals surface area contributed by atoms with Crippen molar-refractivity contribution in [3.05, 3.63) is 59.1 Å². The lowest BCUT2D eigenvalue weighted by Gasteiger charge is -2.31. The average Bonchev–Trinajstić information content (AvgIpc) is 2.65. The molecule has 7 heteroatoms. The van der Waals surface area contributed by atoms with Crippen LogP contribution in [0.3, 0.4) is 0 Å². The summed E-state index contributed by atoms with van der Waals surface area (Å²) in [5.74, 6) is -0.541. The Balaban J connectivity index is 1.73. The summed E-state index contributed by atoms with van der Waals surface area (Å²) in [6.07, 6.45) is 1.32. The molecule has 1 atom stereocenters. The summed E-state index contributed by atoms with van der Waals surface area (Å²) in [4.78, 5) is 12.9. The molecule has 1 aliphatic rings. The molecule has 0 saturated carbocycles. The highest BCUT2D eigenvalue weighted by Crippen LogP contribution is 2.26. The predicted molar refractivity (Wildman–Crippen MR) is 103 cm³/mol. The second-order valence-corrected chi connectivity index (χ2v) is 8.84. The maximum Gasteiger partial charge on any atom is 0.243 e. The molecule has 5 nitrogen and oxygen atoms in total. The van der Waals surface area contributed by atoms with Gasteiger partial charge in [-0.2, -0.15) is 4.31 Å². The number of benzene rings is 2. The zero-order valence-corrected chi connectivity index (χ0v) is 16.1. The second-order valence-electron chi connectivity index (χ2n) is 6.46. The molecular weight excluding hydrogens is 372 g/mol. The van der Waals surface area contributed by atoms with Crippen LogP contribution in [0.25, 0.3) is 0 Å². The molecular formula is C19H21ClN2O3S. The molecule has 138 valence electrons. The van der Waals surface area contributed by atoms with E-state index in [9.17, 15) is 13.2 Å². The molecule has 0 bridgehead atoms. The van der Waals surface area contributed by atoms with Crippen LogP contribution in [0.2, 0.25) is 5.02 Å². The SMILES string of the molecule is Cc1cc(Cl)ccc1NC(=O)[C@H]1CCCN(S(=O)(=O)c2ccccc2)C1. The third kappa shape index (κ3) is 4.09. The summed E-state index contributed by atoms with van der Waals surface area (Å²) in [5.41, 5.74) is 1.57. The van der Waals surface area contributed by atoms with E-state index in [-0.39, 0.29) is 23.3 Å². The van der Waals surface area contributed by atoms with Crippen LogP contribution in [-0.2, 0) is 14.8 Å². The largest absolute Gasteiger partial charge is 0.326 e. The van der Waals surface area contributed by atoms with Gasteiger partial charge in [-0.25, -0.2) is 8.42 Å². The van der Waals surface area contributed by atoms with Crippen LogP contribution in [0.1, 0.15) is 18.4 Å². The van der Waals surface area contributed by atoms with Gasteiger partial charge >= 0.3 is 0 Å². The van der Waals surface area contributed by atoms with Crippen molar-refractivity contribution < 1.29 is 13.2 Å². The molecule has 0 unspecified atom stereocenters. The van der Waals surface area contributed by atoms with E-state index in [0.717, 1.165) is 5.56 Å². The number of amides is 1. The molecule has 0 radical (unpaired) electrons. The van der Waals surface area contributed by atoms with E-state index in [1.165, 1.54) is 4.31 Å². The first-order valence-corrected chi connectivity index (χ1v) is 10.3. The smallest absolute Gasteiger partial charge is 0.243 e. The van der Waals surface area contributed by atoms with E-state index in [1.54, 1.807) is 48.5 Å². The minimum Gasteiger partial charge on any atom is -0.326 e. The number of carbonyl (C=O) groups is 1. The molecule has 1 aliphatic heterocycles. The van der Waals surface area contributed by atoms with E-state index in [2.05, 4.69) is 5.32 Å². The van der Waals surface area contributed by atoms with Crippen molar-refractivity contribution in [1.29, 1.82) is 0 Å². The Bertz CT molecular complexity index is 900. The number of nitrogens with zero attached hydrogens (tertiary/aromatic N) is 1. The third-order valence-electron chi connectivity index (χ3n) is 4.58. The van der Waals surface area contributed by atoms with Crippen molar-refractivity contribution in [2.24, 2.45) is 5.92 Å². The molecule has 1 fully saturated rings. The summed E-state index contributed by atoms with van der Waals surface area (Å²) < 4.78 is 27.0. The minimum atomic E-state index is -3.58. The van der Waals surface area contributed by atoms with Gasteiger partial charge in [0.25, 0.3) is 0 Å². The number of hydrogen-bond acceptors (Lipinski definition) is 3. The molecule has 1 saturated heterocycles. The molecule has 26 heavy (non-hydrogen) atoms. The molecule has 0 spiro atoms. The number of piperidine rings is 1. The van der Waals surface area contributed by atoms with Gasteiger partial charge in [0, 0.05) is 23.8 Å². The zero-order valence-electron chi connectivity index (χ0n) is 14.5. The lowest BCUT2D eigenvalue weighted by Crippen LogP contribution is -2.43. The van der Waals surface area contributed by atoms with Crippen molar-refractivity contribution >= 4 is 33.2 Å². The summed E-state index contributed by atoms with van der Waals surface area (Å²) in [6.45, 7) is 2.49. The monoisotopic (exact) mass is 392 g/mol. The minimum absolute atomic E-state index is 0.164. The van der Waals surface area contributed by atoms with E-state index >= 15 is 0 Å². The topological polar surface area (TPSA) is 66.5 Å². The first-order valence-electron chi connectivity index (χ1n) is 8.50. The summed E-state index contributed by atoms with van der Waals surface area (Å²) >= 11 is 5.94. The summed E-state index contributed by atoms with van der Waals surface area (Å²) in [6, 6.07) is 13.6. The van der Waals surface area contributed by atoms with Gasteiger partial charge in [0.05, 0.1) is 10.8 Å². The fraction of sp³-hybridized carbons (Fsp3) is 0.316. The number of nitrogens with one attached hydrogen (secondary N) is 1. The van der Waals surface area contributed by atoms with E-state index in [1.807, 2.05) is 6.92 Å². The fourth-order valence-electron chi connectivity index (χ4n) is 3.12. The maximum atomic E-state index is 12.8. The number of hydrogen-bond donors (Lipinski definition) is 1. The number of halogens is 1. The molecule has 2 aromatic rings. The highest BCUT2D eigenvalue weighted by Gasteiger charge is 2.33. The predicted octanol–water partition coefficient (Wildman–Crippen LogP) is 3.69. The number of anilines is 1. The number of carbonyl (C=O) groups excluding carboxylic acids is 1. The van der Waals surface area contributed by atoms with Crippen LogP contribution in [-0.4, -0.2) is 31.7 Å². The fourth-order valence-corrected chi connectivity index (χ4v) is 4.89. The summed E-state index contributed by atoms with van der Waals surface area (Å²) in [5, 5.41) is 3.51. The molecule has 1 amide bonds. The van der Waals surface area contributed by atoms with Crippen LogP contribution >= 0.6 is 11.6 Å². The zero-order chi connectivity index (χ0) is 18.7. The Morgan fingerprint density at radius 1 is 1.19 bits per heavy atom. The van der Waals surface area contributed by atoms with Gasteiger partial charge in [0.2, 0.25) is 15.9 Å². The van der Waals surface area contributed by atoms with Crippen molar-refractivity contribution in [2.75, 3.05) is 18.4 Å². The van der Waals surface area contributed by atoms with Gasteiger partial charge in [-0.3, -0.25) is 4.79 Å². The number of sulfonamides is 1. The molecule has 3 rings (SSSR count). The number of aryl methyl sites for hydroxylation is 1. The second kappa shape index (κ2) is 7.78. The van der Waals surface area contributed by atoms with Crippen LogP contribution in [0.15, 0.2) is 53.4 Å². The van der Waals surface area contributed by atoms with Crippen LogP contribution < -0.4 is 5.32 Å². The maximum absolute atomic E-state index is 12.8. The van der Waals surface area contributed by atoms with Gasteiger partial charge in [0.1, 0.15) is 0 Å². The van der Waals surface area contributed by atoms with Crippen LogP contribution in [0, 0.1) is 12.8 Å². The van der Waals surface area contributed by atoms with Crippen molar-refractivity contribution in [1.82, 2.24) is 4.31 Å². The van der Waals surface area contributed by atoms with Gasteiger partial charge in [-0.1, -0.05) is 29.8 Å². The molecule has 0 aromatic heterocycles. The Morgan fingerprint density at radius 2 is 1.92 bits per heavy atom.